The quantitative estimate of drug-likeness (QED) is 0.450. The molecule has 0 radical (unpaired) electrons. The van der Waals surface area contributed by atoms with Gasteiger partial charge in [0, 0.05) is 0 Å². The molecule has 11 heavy (non-hydrogen) atoms. The Bertz CT molecular complexity index is 233. The van der Waals surface area contributed by atoms with Gasteiger partial charge in [-0.25, -0.2) is 8.98 Å². The summed E-state index contributed by atoms with van der Waals surface area (Å²) in [5.41, 5.74) is 0. The van der Waals surface area contributed by atoms with Gasteiger partial charge in [-0.05, 0) is 6.92 Å². The fraction of sp³-hybridized carbons (Fsp3) is 0.750. The lowest BCUT2D eigenvalue weighted by Crippen LogP contribution is -2.23. The first kappa shape index (κ1) is 10.3. The van der Waals surface area contributed by atoms with Crippen molar-refractivity contribution in [3.8, 4) is 0 Å². The topological polar surface area (TPSA) is 69.7 Å². The van der Waals surface area contributed by atoms with Crippen LogP contribution < -0.4 is 0 Å². The first-order chi connectivity index (χ1) is 4.87. The highest BCUT2D eigenvalue weighted by Gasteiger charge is 2.21. The SMILES string of the molecule is COC(=O)C(C)OS(=O)(=O)F. The maximum atomic E-state index is 11.7. The normalized spacial score (nSPS) is 14.1. The van der Waals surface area contributed by atoms with E-state index in [4.69, 9.17) is 0 Å². The zero-order valence-electron chi connectivity index (χ0n) is 5.90. The second-order valence-corrected chi connectivity index (χ2v) is 2.63. The van der Waals surface area contributed by atoms with Crippen LogP contribution in [0.25, 0.3) is 0 Å². The monoisotopic (exact) mass is 186 g/mol. The van der Waals surface area contributed by atoms with Crippen molar-refractivity contribution in [3.05, 3.63) is 0 Å². The van der Waals surface area contributed by atoms with Crippen LogP contribution in [0.5, 0.6) is 0 Å². The van der Waals surface area contributed by atoms with Crippen LogP contribution >= 0.6 is 0 Å². The lowest BCUT2D eigenvalue weighted by molar-refractivity contribution is -0.147. The summed E-state index contributed by atoms with van der Waals surface area (Å²) < 4.78 is 38.9. The van der Waals surface area contributed by atoms with Gasteiger partial charge in [-0.3, -0.25) is 0 Å². The van der Waals surface area contributed by atoms with E-state index < -0.39 is 22.6 Å². The molecule has 0 amide bonds. The number of ether oxygens (including phenoxy) is 1. The van der Waals surface area contributed by atoms with Gasteiger partial charge >= 0.3 is 16.5 Å². The predicted molar refractivity (Wildman–Crippen MR) is 32.6 cm³/mol. The van der Waals surface area contributed by atoms with Crippen LogP contribution in [0.1, 0.15) is 6.92 Å². The molecule has 0 aliphatic carbocycles. The second-order valence-electron chi connectivity index (χ2n) is 1.65. The van der Waals surface area contributed by atoms with Crippen molar-refractivity contribution in [1.29, 1.82) is 0 Å². The standard InChI is InChI=1S/C4H7FO5S/c1-3(4(6)9-2)10-11(5,7)8/h3H,1-2H3. The summed E-state index contributed by atoms with van der Waals surface area (Å²) in [6, 6.07) is 0. The van der Waals surface area contributed by atoms with Crippen molar-refractivity contribution in [2.24, 2.45) is 0 Å². The number of methoxy groups -OCH3 is 1. The minimum Gasteiger partial charge on any atom is -0.467 e. The highest BCUT2D eigenvalue weighted by molar-refractivity contribution is 7.81. The van der Waals surface area contributed by atoms with E-state index in [1.807, 2.05) is 0 Å². The first-order valence-corrected chi connectivity index (χ1v) is 3.88. The maximum Gasteiger partial charge on any atom is 0.438 e. The summed E-state index contributed by atoms with van der Waals surface area (Å²) in [7, 11) is -4.04. The van der Waals surface area contributed by atoms with Gasteiger partial charge in [-0.2, -0.15) is 8.42 Å². The van der Waals surface area contributed by atoms with Gasteiger partial charge in [0.25, 0.3) is 0 Å². The molecule has 5 nitrogen and oxygen atoms in total. The number of carbonyl (C=O) groups excluding carboxylic acids is 1. The van der Waals surface area contributed by atoms with E-state index in [2.05, 4.69) is 8.92 Å². The van der Waals surface area contributed by atoms with E-state index in [1.54, 1.807) is 0 Å². The molecular weight excluding hydrogens is 179 g/mol. The number of carbonyl (C=O) groups is 1. The van der Waals surface area contributed by atoms with Crippen molar-refractivity contribution < 1.29 is 26.0 Å². The number of halogens is 1. The average molecular weight is 186 g/mol. The highest BCUT2D eigenvalue weighted by atomic mass is 32.3. The van der Waals surface area contributed by atoms with Crippen LogP contribution in [-0.2, 0) is 24.2 Å². The highest BCUT2D eigenvalue weighted by Crippen LogP contribution is 2.01. The van der Waals surface area contributed by atoms with Crippen molar-refractivity contribution in [1.82, 2.24) is 0 Å². The van der Waals surface area contributed by atoms with Gasteiger partial charge in [0.2, 0.25) is 0 Å². The van der Waals surface area contributed by atoms with E-state index >= 15 is 0 Å². The number of esters is 1. The molecule has 0 aromatic rings. The van der Waals surface area contributed by atoms with Crippen molar-refractivity contribution in [2.75, 3.05) is 7.11 Å². The Morgan fingerprint density at radius 2 is 2.00 bits per heavy atom. The van der Waals surface area contributed by atoms with Crippen molar-refractivity contribution in [2.45, 2.75) is 13.0 Å². The fourth-order valence-electron chi connectivity index (χ4n) is 0.378. The third-order valence-electron chi connectivity index (χ3n) is 0.792. The summed E-state index contributed by atoms with van der Waals surface area (Å²) in [6.45, 7) is 1.06. The minimum absolute atomic E-state index is 0.953. The third kappa shape index (κ3) is 4.68. The molecule has 0 rings (SSSR count). The summed E-state index contributed by atoms with van der Waals surface area (Å²) >= 11 is 0. The van der Waals surface area contributed by atoms with E-state index in [-0.39, 0.29) is 0 Å². The first-order valence-electron chi connectivity index (χ1n) is 2.57. The zero-order chi connectivity index (χ0) is 9.07. The van der Waals surface area contributed by atoms with E-state index in [0.29, 0.717) is 0 Å². The molecular formula is C4H7FO5S. The second kappa shape index (κ2) is 3.63. The molecule has 0 spiro atoms. The Morgan fingerprint density at radius 1 is 1.55 bits per heavy atom. The Balaban J connectivity index is 4.09. The molecule has 66 valence electrons. The predicted octanol–water partition coefficient (Wildman–Crippen LogP) is -0.221. The minimum atomic E-state index is -5.08. The summed E-state index contributed by atoms with van der Waals surface area (Å²) in [6.07, 6.45) is -1.45. The third-order valence-corrected chi connectivity index (χ3v) is 1.31. The summed E-state index contributed by atoms with van der Waals surface area (Å²) in [5.74, 6) is -0.953. The number of rotatable bonds is 3. The van der Waals surface area contributed by atoms with Gasteiger partial charge in [0.15, 0.2) is 6.10 Å². The van der Waals surface area contributed by atoms with Crippen LogP contribution in [0.4, 0.5) is 3.89 Å². The fourth-order valence-corrected chi connectivity index (χ4v) is 0.801. The van der Waals surface area contributed by atoms with Gasteiger partial charge in [0.1, 0.15) is 0 Å². The molecule has 0 fully saturated rings. The molecule has 0 aliphatic rings. The molecule has 0 saturated carbocycles. The molecule has 0 bridgehead atoms. The summed E-state index contributed by atoms with van der Waals surface area (Å²) in [5, 5.41) is 0. The molecule has 0 heterocycles. The number of hydrogen-bond donors (Lipinski definition) is 0. The van der Waals surface area contributed by atoms with Crippen LogP contribution in [0.15, 0.2) is 0 Å². The van der Waals surface area contributed by atoms with Crippen LogP contribution in [0.2, 0.25) is 0 Å². The van der Waals surface area contributed by atoms with Gasteiger partial charge in [-0.15, -0.1) is 0 Å². The molecule has 0 aliphatic heterocycles. The molecule has 1 unspecified atom stereocenters. The Morgan fingerprint density at radius 3 is 2.27 bits per heavy atom. The van der Waals surface area contributed by atoms with Gasteiger partial charge in [-0.1, -0.05) is 3.89 Å². The average Bonchev–Trinajstić information content (AvgIpc) is 1.82. The Hall–Kier alpha value is -0.690. The molecule has 0 aromatic heterocycles. The summed E-state index contributed by atoms with van der Waals surface area (Å²) in [4.78, 5) is 10.4. The van der Waals surface area contributed by atoms with Gasteiger partial charge in [0.05, 0.1) is 7.11 Å². The van der Waals surface area contributed by atoms with Crippen LogP contribution in [0, 0.1) is 0 Å². The molecule has 0 N–H and O–H groups in total. The molecule has 7 heteroatoms. The number of hydrogen-bond acceptors (Lipinski definition) is 5. The lowest BCUT2D eigenvalue weighted by Gasteiger charge is -2.04. The van der Waals surface area contributed by atoms with Crippen molar-refractivity contribution >= 4 is 16.5 Å². The molecule has 1 atom stereocenters. The van der Waals surface area contributed by atoms with Gasteiger partial charge < -0.3 is 4.74 Å². The Kier molecular flexibility index (Phi) is 3.40. The van der Waals surface area contributed by atoms with E-state index in [1.165, 1.54) is 0 Å². The maximum absolute atomic E-state index is 11.7. The Labute approximate surface area is 63.5 Å². The largest absolute Gasteiger partial charge is 0.467 e. The van der Waals surface area contributed by atoms with Crippen LogP contribution in [0.3, 0.4) is 0 Å². The zero-order valence-corrected chi connectivity index (χ0v) is 6.72. The smallest absolute Gasteiger partial charge is 0.438 e. The lowest BCUT2D eigenvalue weighted by atomic mass is 10.4. The van der Waals surface area contributed by atoms with Crippen molar-refractivity contribution in [3.63, 3.8) is 0 Å². The molecule has 0 saturated heterocycles. The van der Waals surface area contributed by atoms with E-state index in [9.17, 15) is 17.1 Å². The van der Waals surface area contributed by atoms with E-state index in [0.717, 1.165) is 14.0 Å². The van der Waals surface area contributed by atoms with Crippen LogP contribution in [-0.4, -0.2) is 27.6 Å². The molecule has 0 aromatic carbocycles.